The van der Waals surface area contributed by atoms with E-state index in [9.17, 15) is 9.59 Å². The van der Waals surface area contributed by atoms with E-state index in [0.717, 1.165) is 0 Å². The number of nitrogens with one attached hydrogen (secondary N) is 1. The molecule has 2 aromatic rings. The Hall–Kier alpha value is -2.63. The highest BCUT2D eigenvalue weighted by molar-refractivity contribution is 6.06. The number of carbonyl (C=O) groups excluding carboxylic acids is 2. The molecule has 1 aromatic carbocycles. The number of hydrogen-bond acceptors (Lipinski definition) is 6. The highest BCUT2D eigenvalue weighted by Crippen LogP contribution is 2.27. The standard InChI is InChI=1S/C16H18N2O4/c1-4-21-15(19)10-6-7-13-11(8-10)14(17-3)12(9-18-13)16(20)22-5-2/h6-9H,4-5H2,1-3H3,(H,17,18). The summed E-state index contributed by atoms with van der Waals surface area (Å²) < 4.78 is 10.0. The zero-order chi connectivity index (χ0) is 16.1. The zero-order valence-electron chi connectivity index (χ0n) is 12.8. The second kappa shape index (κ2) is 6.89. The number of rotatable bonds is 5. The van der Waals surface area contributed by atoms with Crippen LogP contribution in [-0.2, 0) is 9.47 Å². The van der Waals surface area contributed by atoms with Crippen molar-refractivity contribution in [2.24, 2.45) is 0 Å². The van der Waals surface area contributed by atoms with E-state index in [-0.39, 0.29) is 6.61 Å². The normalized spacial score (nSPS) is 10.3. The number of ether oxygens (including phenoxy) is 2. The van der Waals surface area contributed by atoms with Crippen LogP contribution in [0.25, 0.3) is 10.9 Å². The molecule has 22 heavy (non-hydrogen) atoms. The van der Waals surface area contributed by atoms with Gasteiger partial charge in [-0.1, -0.05) is 0 Å². The summed E-state index contributed by atoms with van der Waals surface area (Å²) in [6, 6.07) is 5.03. The van der Waals surface area contributed by atoms with Gasteiger partial charge < -0.3 is 14.8 Å². The van der Waals surface area contributed by atoms with Gasteiger partial charge in [-0.05, 0) is 32.0 Å². The summed E-state index contributed by atoms with van der Waals surface area (Å²) in [6.45, 7) is 4.07. The lowest BCUT2D eigenvalue weighted by atomic mass is 10.1. The van der Waals surface area contributed by atoms with Gasteiger partial charge in [0.1, 0.15) is 5.56 Å². The van der Waals surface area contributed by atoms with E-state index in [4.69, 9.17) is 9.47 Å². The van der Waals surface area contributed by atoms with Crippen molar-refractivity contribution in [3.05, 3.63) is 35.5 Å². The maximum Gasteiger partial charge on any atom is 0.341 e. The molecule has 0 amide bonds. The Bertz CT molecular complexity index is 707. The summed E-state index contributed by atoms with van der Waals surface area (Å²) in [7, 11) is 1.70. The number of nitrogens with zero attached hydrogens (tertiary/aromatic N) is 1. The Labute approximate surface area is 128 Å². The molecule has 0 fully saturated rings. The molecule has 0 saturated heterocycles. The molecule has 0 bridgehead atoms. The van der Waals surface area contributed by atoms with Crippen LogP contribution in [-0.4, -0.2) is 37.2 Å². The predicted molar refractivity (Wildman–Crippen MR) is 83.2 cm³/mol. The molecule has 2 rings (SSSR count). The van der Waals surface area contributed by atoms with Crippen LogP contribution >= 0.6 is 0 Å². The van der Waals surface area contributed by atoms with Crippen molar-refractivity contribution in [3.63, 3.8) is 0 Å². The average molecular weight is 302 g/mol. The second-order valence-electron chi connectivity index (χ2n) is 4.47. The second-order valence-corrected chi connectivity index (χ2v) is 4.47. The molecule has 0 aliphatic rings. The maximum atomic E-state index is 12.0. The average Bonchev–Trinajstić information content (AvgIpc) is 2.53. The Kier molecular flexibility index (Phi) is 4.93. The fourth-order valence-corrected chi connectivity index (χ4v) is 2.17. The smallest absolute Gasteiger partial charge is 0.341 e. The summed E-state index contributed by atoms with van der Waals surface area (Å²) in [4.78, 5) is 28.1. The SMILES string of the molecule is CCOC(=O)c1ccc2ncc(C(=O)OCC)c(NC)c2c1. The first-order chi connectivity index (χ1) is 10.6. The topological polar surface area (TPSA) is 77.5 Å². The van der Waals surface area contributed by atoms with Gasteiger partial charge in [0.25, 0.3) is 0 Å². The number of carbonyl (C=O) groups is 2. The van der Waals surface area contributed by atoms with Crippen LogP contribution in [0.5, 0.6) is 0 Å². The number of fused-ring (bicyclic) bond motifs is 1. The molecular weight excluding hydrogens is 284 g/mol. The largest absolute Gasteiger partial charge is 0.462 e. The van der Waals surface area contributed by atoms with Gasteiger partial charge >= 0.3 is 11.9 Å². The van der Waals surface area contributed by atoms with E-state index >= 15 is 0 Å². The van der Waals surface area contributed by atoms with Gasteiger partial charge in [0.2, 0.25) is 0 Å². The van der Waals surface area contributed by atoms with Crippen molar-refractivity contribution in [1.29, 1.82) is 0 Å². The molecule has 6 heteroatoms. The van der Waals surface area contributed by atoms with Gasteiger partial charge in [-0.15, -0.1) is 0 Å². The van der Waals surface area contributed by atoms with E-state index in [1.165, 1.54) is 6.20 Å². The van der Waals surface area contributed by atoms with E-state index in [0.29, 0.717) is 34.3 Å². The summed E-state index contributed by atoms with van der Waals surface area (Å²) in [5.74, 6) is -0.865. The maximum absolute atomic E-state index is 12.0. The number of aromatic nitrogens is 1. The third-order valence-corrected chi connectivity index (χ3v) is 3.12. The number of hydrogen-bond donors (Lipinski definition) is 1. The predicted octanol–water partition coefficient (Wildman–Crippen LogP) is 2.63. The molecule has 0 radical (unpaired) electrons. The first-order valence-electron chi connectivity index (χ1n) is 7.07. The lowest BCUT2D eigenvalue weighted by molar-refractivity contribution is 0.0518. The number of pyridine rings is 1. The number of anilines is 1. The fraction of sp³-hybridized carbons (Fsp3) is 0.312. The third kappa shape index (κ3) is 3.00. The first-order valence-corrected chi connectivity index (χ1v) is 7.07. The fourth-order valence-electron chi connectivity index (χ4n) is 2.17. The van der Waals surface area contributed by atoms with E-state index in [1.54, 1.807) is 39.1 Å². The van der Waals surface area contributed by atoms with Gasteiger partial charge in [-0.25, -0.2) is 9.59 Å². The highest BCUT2D eigenvalue weighted by atomic mass is 16.5. The van der Waals surface area contributed by atoms with E-state index in [1.807, 2.05) is 0 Å². The number of esters is 2. The van der Waals surface area contributed by atoms with Gasteiger partial charge in [0.15, 0.2) is 0 Å². The Morgan fingerprint density at radius 3 is 2.45 bits per heavy atom. The van der Waals surface area contributed by atoms with Gasteiger partial charge in [0, 0.05) is 18.6 Å². The van der Waals surface area contributed by atoms with Gasteiger partial charge in [0.05, 0.1) is 30.0 Å². The highest BCUT2D eigenvalue weighted by Gasteiger charge is 2.17. The van der Waals surface area contributed by atoms with Crippen LogP contribution in [0.15, 0.2) is 24.4 Å². The molecule has 0 aliphatic carbocycles. The minimum absolute atomic E-state index is 0.281. The Balaban J connectivity index is 2.58. The number of benzene rings is 1. The van der Waals surface area contributed by atoms with Crippen LogP contribution in [0.3, 0.4) is 0 Å². The van der Waals surface area contributed by atoms with Gasteiger partial charge in [-0.2, -0.15) is 0 Å². The van der Waals surface area contributed by atoms with Crippen molar-refractivity contribution in [2.45, 2.75) is 13.8 Å². The Morgan fingerprint density at radius 1 is 1.14 bits per heavy atom. The molecule has 0 spiro atoms. The molecule has 0 unspecified atom stereocenters. The van der Waals surface area contributed by atoms with Crippen molar-refractivity contribution in [3.8, 4) is 0 Å². The minimum atomic E-state index is -0.456. The third-order valence-electron chi connectivity index (χ3n) is 3.12. The molecule has 116 valence electrons. The summed E-state index contributed by atoms with van der Waals surface area (Å²) in [5, 5.41) is 3.65. The van der Waals surface area contributed by atoms with E-state index < -0.39 is 11.9 Å². The minimum Gasteiger partial charge on any atom is -0.462 e. The molecule has 1 heterocycles. The van der Waals surface area contributed by atoms with Crippen molar-refractivity contribution in [2.75, 3.05) is 25.6 Å². The van der Waals surface area contributed by atoms with Crippen LogP contribution in [0.4, 0.5) is 5.69 Å². The summed E-state index contributed by atoms with van der Waals surface area (Å²) in [6.07, 6.45) is 1.47. The van der Waals surface area contributed by atoms with Crippen LogP contribution < -0.4 is 5.32 Å². The molecular formula is C16H18N2O4. The molecule has 1 aromatic heterocycles. The van der Waals surface area contributed by atoms with Gasteiger partial charge in [-0.3, -0.25) is 4.98 Å². The quantitative estimate of drug-likeness (QED) is 0.856. The van der Waals surface area contributed by atoms with Crippen LogP contribution in [0.1, 0.15) is 34.6 Å². The van der Waals surface area contributed by atoms with Crippen molar-refractivity contribution < 1.29 is 19.1 Å². The Morgan fingerprint density at radius 2 is 1.82 bits per heavy atom. The van der Waals surface area contributed by atoms with Crippen LogP contribution in [0.2, 0.25) is 0 Å². The summed E-state index contributed by atoms with van der Waals surface area (Å²) in [5.41, 5.74) is 1.99. The molecule has 6 nitrogen and oxygen atoms in total. The van der Waals surface area contributed by atoms with Crippen molar-refractivity contribution >= 4 is 28.5 Å². The summed E-state index contributed by atoms with van der Waals surface area (Å²) >= 11 is 0. The van der Waals surface area contributed by atoms with E-state index in [2.05, 4.69) is 10.3 Å². The molecule has 1 N–H and O–H groups in total. The van der Waals surface area contributed by atoms with Crippen LogP contribution in [0, 0.1) is 0 Å². The lowest BCUT2D eigenvalue weighted by Crippen LogP contribution is -2.10. The lowest BCUT2D eigenvalue weighted by Gasteiger charge is -2.12. The first kappa shape index (κ1) is 15.8. The molecule has 0 aliphatic heterocycles. The van der Waals surface area contributed by atoms with Crippen molar-refractivity contribution in [1.82, 2.24) is 4.98 Å². The monoisotopic (exact) mass is 302 g/mol. The molecule has 0 saturated carbocycles. The molecule has 0 atom stereocenters. The zero-order valence-corrected chi connectivity index (χ0v) is 12.8.